The van der Waals surface area contributed by atoms with Crippen molar-refractivity contribution in [1.82, 2.24) is 4.98 Å². The van der Waals surface area contributed by atoms with Gasteiger partial charge in [0.1, 0.15) is 5.56 Å². The van der Waals surface area contributed by atoms with E-state index in [1.165, 1.54) is 29.5 Å². The van der Waals surface area contributed by atoms with Crippen LogP contribution in [0.15, 0.2) is 42.5 Å². The zero-order valence-electron chi connectivity index (χ0n) is 10.9. The third kappa shape index (κ3) is 2.76. The second-order valence-electron chi connectivity index (χ2n) is 4.36. The summed E-state index contributed by atoms with van der Waals surface area (Å²) in [5.41, 5.74) is 0.446. The molecule has 2 aromatic carbocycles. The zero-order chi connectivity index (χ0) is 15.7. The minimum atomic E-state index is -0.590. The third-order valence-corrected chi connectivity index (χ3v) is 4.09. The van der Waals surface area contributed by atoms with Crippen LogP contribution in [-0.4, -0.2) is 15.8 Å². The first-order valence-corrected chi connectivity index (χ1v) is 7.35. The minimum absolute atomic E-state index is 0.00946. The molecule has 0 atom stereocenters. The zero-order valence-corrected chi connectivity index (χ0v) is 12.5. The Hall–Kier alpha value is -2.51. The summed E-state index contributed by atoms with van der Waals surface area (Å²) >= 11 is 7.15. The van der Waals surface area contributed by atoms with Crippen molar-refractivity contribution in [3.63, 3.8) is 0 Å². The van der Waals surface area contributed by atoms with E-state index in [-0.39, 0.29) is 11.3 Å². The van der Waals surface area contributed by atoms with Gasteiger partial charge in [-0.2, -0.15) is 0 Å². The van der Waals surface area contributed by atoms with Crippen LogP contribution < -0.4 is 5.32 Å². The maximum Gasteiger partial charge on any atom is 0.282 e. The Morgan fingerprint density at radius 2 is 2.05 bits per heavy atom. The highest BCUT2D eigenvalue weighted by Gasteiger charge is 2.20. The van der Waals surface area contributed by atoms with Crippen LogP contribution in [-0.2, 0) is 0 Å². The molecule has 0 fully saturated rings. The van der Waals surface area contributed by atoms with Crippen molar-refractivity contribution in [2.75, 3.05) is 5.32 Å². The first-order valence-electron chi connectivity index (χ1n) is 6.15. The summed E-state index contributed by atoms with van der Waals surface area (Å²) in [6.45, 7) is 0. The fraction of sp³-hybridized carbons (Fsp3) is 0. The van der Waals surface area contributed by atoms with E-state index in [0.717, 1.165) is 4.70 Å². The number of carbonyl (C=O) groups excluding carboxylic acids is 1. The van der Waals surface area contributed by atoms with E-state index in [1.807, 2.05) is 0 Å². The summed E-state index contributed by atoms with van der Waals surface area (Å²) in [6.07, 6.45) is 0. The number of para-hydroxylation sites is 1. The van der Waals surface area contributed by atoms with Crippen molar-refractivity contribution >= 4 is 49.9 Å². The van der Waals surface area contributed by atoms with E-state index in [0.29, 0.717) is 15.7 Å². The molecule has 22 heavy (non-hydrogen) atoms. The van der Waals surface area contributed by atoms with Crippen molar-refractivity contribution in [3.8, 4) is 0 Å². The number of aromatic nitrogens is 1. The highest BCUT2D eigenvalue weighted by Crippen LogP contribution is 2.29. The van der Waals surface area contributed by atoms with Crippen molar-refractivity contribution in [3.05, 3.63) is 63.2 Å². The lowest BCUT2D eigenvalue weighted by Crippen LogP contribution is -2.13. The fourth-order valence-electron chi connectivity index (χ4n) is 1.94. The lowest BCUT2D eigenvalue weighted by molar-refractivity contribution is -0.385. The number of rotatable bonds is 3. The molecule has 3 rings (SSSR count). The topological polar surface area (TPSA) is 85.1 Å². The van der Waals surface area contributed by atoms with Crippen LogP contribution in [0, 0.1) is 10.1 Å². The SMILES string of the molecule is O=C(Nc1nc2ccc(Cl)cc2s1)c1ccccc1[N+](=O)[O-]. The fourth-order valence-corrected chi connectivity index (χ4v) is 3.08. The maximum atomic E-state index is 12.2. The molecule has 1 N–H and O–H groups in total. The summed E-state index contributed by atoms with van der Waals surface area (Å²) in [5, 5.41) is 14.5. The molecule has 6 nitrogen and oxygen atoms in total. The number of anilines is 1. The van der Waals surface area contributed by atoms with Gasteiger partial charge in [0, 0.05) is 11.1 Å². The predicted octanol–water partition coefficient (Wildman–Crippen LogP) is 4.11. The number of fused-ring (bicyclic) bond motifs is 1. The molecule has 0 saturated heterocycles. The van der Waals surface area contributed by atoms with Crippen LogP contribution >= 0.6 is 22.9 Å². The second-order valence-corrected chi connectivity index (χ2v) is 5.83. The molecule has 1 aromatic heterocycles. The van der Waals surface area contributed by atoms with Gasteiger partial charge in [-0.25, -0.2) is 4.98 Å². The summed E-state index contributed by atoms with van der Waals surface area (Å²) in [4.78, 5) is 26.8. The molecule has 8 heteroatoms. The van der Waals surface area contributed by atoms with Crippen molar-refractivity contribution in [1.29, 1.82) is 0 Å². The number of halogens is 1. The van der Waals surface area contributed by atoms with Gasteiger partial charge < -0.3 is 0 Å². The van der Waals surface area contributed by atoms with Gasteiger partial charge >= 0.3 is 0 Å². The summed E-state index contributed by atoms with van der Waals surface area (Å²) in [6, 6.07) is 11.0. The molecule has 0 bridgehead atoms. The quantitative estimate of drug-likeness (QED) is 0.577. The van der Waals surface area contributed by atoms with Crippen LogP contribution in [0.3, 0.4) is 0 Å². The van der Waals surface area contributed by atoms with Crippen LogP contribution in [0.4, 0.5) is 10.8 Å². The van der Waals surface area contributed by atoms with Crippen molar-refractivity contribution in [2.45, 2.75) is 0 Å². The Morgan fingerprint density at radius 3 is 2.82 bits per heavy atom. The Labute approximate surface area is 133 Å². The number of nitro benzene ring substituents is 1. The van der Waals surface area contributed by atoms with E-state index in [1.54, 1.807) is 24.3 Å². The van der Waals surface area contributed by atoms with Gasteiger partial charge in [-0.3, -0.25) is 20.2 Å². The van der Waals surface area contributed by atoms with Crippen LogP contribution in [0.2, 0.25) is 5.02 Å². The second kappa shape index (κ2) is 5.70. The van der Waals surface area contributed by atoms with E-state index < -0.39 is 10.8 Å². The largest absolute Gasteiger partial charge is 0.298 e. The molecule has 0 saturated carbocycles. The summed E-state index contributed by atoms with van der Waals surface area (Å²) in [5.74, 6) is -0.572. The van der Waals surface area contributed by atoms with E-state index >= 15 is 0 Å². The highest BCUT2D eigenvalue weighted by molar-refractivity contribution is 7.22. The first-order chi connectivity index (χ1) is 10.5. The average Bonchev–Trinajstić information content (AvgIpc) is 2.88. The molecule has 0 aliphatic rings. The van der Waals surface area contributed by atoms with Crippen molar-refractivity contribution < 1.29 is 9.72 Å². The molecule has 1 heterocycles. The van der Waals surface area contributed by atoms with Gasteiger partial charge in [0.05, 0.1) is 15.1 Å². The number of carbonyl (C=O) groups is 1. The van der Waals surface area contributed by atoms with Gasteiger partial charge in [0.15, 0.2) is 5.13 Å². The molecule has 0 radical (unpaired) electrons. The smallest absolute Gasteiger partial charge is 0.282 e. The van der Waals surface area contributed by atoms with Crippen LogP contribution in [0.5, 0.6) is 0 Å². The molecule has 1 amide bonds. The molecule has 0 spiro atoms. The van der Waals surface area contributed by atoms with Gasteiger partial charge in [-0.15, -0.1) is 0 Å². The van der Waals surface area contributed by atoms with Crippen molar-refractivity contribution in [2.24, 2.45) is 0 Å². The van der Waals surface area contributed by atoms with Gasteiger partial charge in [0.25, 0.3) is 11.6 Å². The average molecular weight is 334 g/mol. The Kier molecular flexibility index (Phi) is 3.74. The number of thiazole rings is 1. The number of nitro groups is 1. The number of nitrogens with zero attached hydrogens (tertiary/aromatic N) is 2. The predicted molar refractivity (Wildman–Crippen MR) is 85.7 cm³/mol. The minimum Gasteiger partial charge on any atom is -0.298 e. The van der Waals surface area contributed by atoms with Gasteiger partial charge in [0.2, 0.25) is 0 Å². The number of hydrogen-bond donors (Lipinski definition) is 1. The number of benzene rings is 2. The summed E-state index contributed by atoms with van der Waals surface area (Å²) in [7, 11) is 0. The number of amides is 1. The van der Waals surface area contributed by atoms with Gasteiger partial charge in [-0.05, 0) is 24.3 Å². The third-order valence-electron chi connectivity index (χ3n) is 2.92. The monoisotopic (exact) mass is 333 g/mol. The molecule has 3 aromatic rings. The first kappa shape index (κ1) is 14.4. The Bertz CT molecular complexity index is 894. The number of hydrogen-bond acceptors (Lipinski definition) is 5. The number of nitrogens with one attached hydrogen (secondary N) is 1. The van der Waals surface area contributed by atoms with Crippen LogP contribution in [0.25, 0.3) is 10.2 Å². The lowest BCUT2D eigenvalue weighted by atomic mass is 10.1. The Balaban J connectivity index is 1.91. The summed E-state index contributed by atoms with van der Waals surface area (Å²) < 4.78 is 0.824. The van der Waals surface area contributed by atoms with Gasteiger partial charge in [-0.1, -0.05) is 35.1 Å². The molecule has 0 aliphatic heterocycles. The molecule has 0 aliphatic carbocycles. The molecule has 110 valence electrons. The molecular formula is C14H8ClN3O3S. The van der Waals surface area contributed by atoms with E-state index in [9.17, 15) is 14.9 Å². The highest BCUT2D eigenvalue weighted by atomic mass is 35.5. The Morgan fingerprint density at radius 1 is 1.27 bits per heavy atom. The van der Waals surface area contributed by atoms with E-state index in [4.69, 9.17) is 11.6 Å². The molecular weight excluding hydrogens is 326 g/mol. The standard InChI is InChI=1S/C14H8ClN3O3S/c15-8-5-6-10-12(7-8)22-14(16-10)17-13(19)9-3-1-2-4-11(9)18(20)21/h1-7H,(H,16,17,19). The maximum absolute atomic E-state index is 12.2. The normalized spacial score (nSPS) is 10.6. The van der Waals surface area contributed by atoms with E-state index in [2.05, 4.69) is 10.3 Å². The molecule has 0 unspecified atom stereocenters. The van der Waals surface area contributed by atoms with Crippen LogP contribution in [0.1, 0.15) is 10.4 Å². The lowest BCUT2D eigenvalue weighted by Gasteiger charge is -2.02.